The first kappa shape index (κ1) is 22.1. The maximum atomic E-state index is 5.81. The van der Waals surface area contributed by atoms with E-state index in [9.17, 15) is 0 Å². The van der Waals surface area contributed by atoms with Crippen LogP contribution in [0.4, 0.5) is 0 Å². The molecule has 0 radical (unpaired) electrons. The number of hydrogen-bond acceptors (Lipinski definition) is 2. The molecule has 1 aromatic carbocycles. The molecule has 144 valence electrons. The Labute approximate surface area is 161 Å². The van der Waals surface area contributed by atoms with Crippen molar-refractivity contribution in [3.8, 4) is 0 Å². The van der Waals surface area contributed by atoms with Crippen molar-refractivity contribution in [3.63, 3.8) is 0 Å². The fourth-order valence-electron chi connectivity index (χ4n) is 3.86. The highest BCUT2D eigenvalue weighted by Gasteiger charge is 2.23. The highest BCUT2D eigenvalue weighted by atomic mass is 15.1. The Kier molecular flexibility index (Phi) is 8.71. The lowest BCUT2D eigenvalue weighted by molar-refractivity contribution is 0.227. The number of nitrogens with zero attached hydrogens (tertiary/aromatic N) is 1. The summed E-state index contributed by atoms with van der Waals surface area (Å²) in [7, 11) is 2.07. The minimum atomic E-state index is 0.363. The summed E-state index contributed by atoms with van der Waals surface area (Å²) in [4.78, 5) is 2.20. The van der Waals surface area contributed by atoms with E-state index in [1.807, 2.05) is 6.92 Å². The van der Waals surface area contributed by atoms with Gasteiger partial charge in [0.25, 0.3) is 0 Å². The van der Waals surface area contributed by atoms with Crippen LogP contribution in [0.25, 0.3) is 6.08 Å². The van der Waals surface area contributed by atoms with Crippen LogP contribution in [0.3, 0.4) is 0 Å². The van der Waals surface area contributed by atoms with Gasteiger partial charge in [-0.05, 0) is 37.3 Å². The van der Waals surface area contributed by atoms with Crippen molar-refractivity contribution in [2.45, 2.75) is 65.8 Å². The molecule has 1 aromatic rings. The van der Waals surface area contributed by atoms with Crippen LogP contribution in [0.15, 0.2) is 54.4 Å². The summed E-state index contributed by atoms with van der Waals surface area (Å²) in [6.07, 6.45) is 5.61. The predicted molar refractivity (Wildman–Crippen MR) is 117 cm³/mol. The fraction of sp³-hybridized carbons (Fsp3) is 0.500. The Morgan fingerprint density at radius 2 is 1.77 bits per heavy atom. The quantitative estimate of drug-likeness (QED) is 0.620. The Balaban J connectivity index is 0.000000262. The van der Waals surface area contributed by atoms with E-state index in [4.69, 9.17) is 5.73 Å². The SMILES string of the molecule is C=C(N)C(CC)C(CC)N(C)C(=C)C.CCC1=Cc2ccccc2C1C. The van der Waals surface area contributed by atoms with Crippen molar-refractivity contribution in [1.82, 2.24) is 4.90 Å². The van der Waals surface area contributed by atoms with E-state index in [2.05, 4.69) is 83.1 Å². The second-order valence-electron chi connectivity index (χ2n) is 7.33. The molecule has 2 rings (SSSR count). The van der Waals surface area contributed by atoms with Gasteiger partial charge in [-0.1, -0.05) is 76.8 Å². The van der Waals surface area contributed by atoms with Crippen LogP contribution in [0.1, 0.15) is 70.9 Å². The van der Waals surface area contributed by atoms with E-state index in [1.165, 1.54) is 17.5 Å². The van der Waals surface area contributed by atoms with Crippen LogP contribution in [-0.2, 0) is 0 Å². The van der Waals surface area contributed by atoms with Crippen molar-refractivity contribution in [1.29, 1.82) is 0 Å². The van der Waals surface area contributed by atoms with Crippen LogP contribution < -0.4 is 5.73 Å². The number of nitrogens with two attached hydrogens (primary N) is 1. The standard InChI is InChI=1S/C12H24N2.C12H14/c1-7-11(10(5)13)12(8-2)14(6)9(3)4;1-3-10-8-11-6-4-5-7-12(11)9(10)2/h11-12H,3,5,7-8,13H2,1-2,4,6H3;4-9H,3H2,1-2H3. The second-order valence-corrected chi connectivity index (χ2v) is 7.33. The van der Waals surface area contributed by atoms with E-state index in [0.717, 1.165) is 24.2 Å². The van der Waals surface area contributed by atoms with Gasteiger partial charge in [-0.3, -0.25) is 0 Å². The number of rotatable bonds is 7. The molecule has 0 bridgehead atoms. The highest BCUT2D eigenvalue weighted by molar-refractivity contribution is 5.65. The molecular weight excluding hydrogens is 316 g/mol. The van der Waals surface area contributed by atoms with Crippen molar-refractivity contribution >= 4 is 6.08 Å². The molecule has 1 aliphatic rings. The molecule has 2 N–H and O–H groups in total. The molecule has 1 aliphatic carbocycles. The largest absolute Gasteiger partial charge is 0.402 e. The minimum absolute atomic E-state index is 0.363. The lowest BCUT2D eigenvalue weighted by atomic mass is 9.91. The first-order chi connectivity index (χ1) is 12.3. The second kappa shape index (κ2) is 10.3. The molecule has 0 spiro atoms. The predicted octanol–water partition coefficient (Wildman–Crippen LogP) is 6.33. The number of hydrogen-bond donors (Lipinski definition) is 1. The van der Waals surface area contributed by atoms with E-state index in [0.29, 0.717) is 17.9 Å². The maximum Gasteiger partial charge on any atom is 0.0363 e. The Bertz CT molecular complexity index is 641. The molecular formula is C24H38N2. The molecule has 2 nitrogen and oxygen atoms in total. The van der Waals surface area contributed by atoms with Crippen molar-refractivity contribution in [2.75, 3.05) is 7.05 Å². The molecule has 0 saturated carbocycles. The summed E-state index contributed by atoms with van der Waals surface area (Å²) in [5.41, 5.74) is 12.2. The van der Waals surface area contributed by atoms with Crippen LogP contribution in [-0.4, -0.2) is 18.0 Å². The summed E-state index contributed by atoms with van der Waals surface area (Å²) in [6, 6.07) is 9.10. The summed E-state index contributed by atoms with van der Waals surface area (Å²) >= 11 is 0. The Hall–Kier alpha value is -1.96. The van der Waals surface area contributed by atoms with Gasteiger partial charge in [0.05, 0.1) is 0 Å². The van der Waals surface area contributed by atoms with Gasteiger partial charge in [-0.15, -0.1) is 0 Å². The molecule has 0 aromatic heterocycles. The topological polar surface area (TPSA) is 29.3 Å². The van der Waals surface area contributed by atoms with Crippen molar-refractivity contribution in [3.05, 3.63) is 65.5 Å². The van der Waals surface area contributed by atoms with Crippen molar-refractivity contribution in [2.24, 2.45) is 11.7 Å². The molecule has 2 heteroatoms. The van der Waals surface area contributed by atoms with Crippen LogP contribution in [0.5, 0.6) is 0 Å². The van der Waals surface area contributed by atoms with Crippen molar-refractivity contribution < 1.29 is 0 Å². The van der Waals surface area contributed by atoms with E-state index in [-0.39, 0.29) is 0 Å². The first-order valence-electron chi connectivity index (χ1n) is 9.90. The maximum absolute atomic E-state index is 5.81. The molecule has 0 saturated heterocycles. The summed E-state index contributed by atoms with van der Waals surface area (Å²) < 4.78 is 0. The molecule has 0 heterocycles. The zero-order valence-corrected chi connectivity index (χ0v) is 17.7. The van der Waals surface area contributed by atoms with Gasteiger partial charge >= 0.3 is 0 Å². The molecule has 0 aliphatic heterocycles. The van der Waals surface area contributed by atoms with Crippen LogP contribution >= 0.6 is 0 Å². The van der Waals surface area contributed by atoms with Gasteiger partial charge in [0.1, 0.15) is 0 Å². The zero-order valence-electron chi connectivity index (χ0n) is 17.7. The van der Waals surface area contributed by atoms with Crippen LogP contribution in [0, 0.1) is 5.92 Å². The van der Waals surface area contributed by atoms with E-state index >= 15 is 0 Å². The normalized spacial score (nSPS) is 17.3. The smallest absolute Gasteiger partial charge is 0.0363 e. The molecule has 3 unspecified atom stereocenters. The Morgan fingerprint density at radius 3 is 2.19 bits per heavy atom. The third-order valence-electron chi connectivity index (χ3n) is 5.67. The van der Waals surface area contributed by atoms with Gasteiger partial charge in [0, 0.05) is 36.3 Å². The Morgan fingerprint density at radius 1 is 1.15 bits per heavy atom. The number of allylic oxidation sites excluding steroid dienone is 2. The van der Waals surface area contributed by atoms with Crippen LogP contribution in [0.2, 0.25) is 0 Å². The average molecular weight is 355 g/mol. The highest BCUT2D eigenvalue weighted by Crippen LogP contribution is 2.36. The fourth-order valence-corrected chi connectivity index (χ4v) is 3.86. The summed E-state index contributed by atoms with van der Waals surface area (Å²) in [5, 5.41) is 0. The average Bonchev–Trinajstić information content (AvgIpc) is 2.95. The van der Waals surface area contributed by atoms with Gasteiger partial charge in [-0.2, -0.15) is 0 Å². The first-order valence-corrected chi connectivity index (χ1v) is 9.90. The lowest BCUT2D eigenvalue weighted by Crippen LogP contribution is -2.38. The molecule has 0 amide bonds. The monoisotopic (exact) mass is 354 g/mol. The molecule has 26 heavy (non-hydrogen) atoms. The lowest BCUT2D eigenvalue weighted by Gasteiger charge is -2.35. The zero-order chi connectivity index (χ0) is 19.9. The van der Waals surface area contributed by atoms with Gasteiger partial charge in [0.2, 0.25) is 0 Å². The minimum Gasteiger partial charge on any atom is -0.402 e. The third kappa shape index (κ3) is 5.27. The summed E-state index contributed by atoms with van der Waals surface area (Å²) in [6.45, 7) is 18.7. The number of benzene rings is 1. The summed E-state index contributed by atoms with van der Waals surface area (Å²) in [5.74, 6) is 1.01. The van der Waals surface area contributed by atoms with E-state index < -0.39 is 0 Å². The van der Waals surface area contributed by atoms with Gasteiger partial charge in [-0.25, -0.2) is 0 Å². The van der Waals surface area contributed by atoms with Gasteiger partial charge < -0.3 is 10.6 Å². The number of fused-ring (bicyclic) bond motifs is 1. The molecule has 3 atom stereocenters. The van der Waals surface area contributed by atoms with E-state index in [1.54, 1.807) is 5.57 Å². The van der Waals surface area contributed by atoms with Gasteiger partial charge in [0.15, 0.2) is 0 Å². The molecule has 0 fully saturated rings. The third-order valence-corrected chi connectivity index (χ3v) is 5.67.